The first-order chi connectivity index (χ1) is 9.50. The van der Waals surface area contributed by atoms with Crippen molar-refractivity contribution < 1.29 is 18.5 Å². The molecule has 1 saturated heterocycles. The van der Waals surface area contributed by atoms with E-state index in [1.807, 2.05) is 0 Å². The molecule has 0 unspecified atom stereocenters. The summed E-state index contributed by atoms with van der Waals surface area (Å²) in [5.41, 5.74) is -1.09. The molecule has 0 aliphatic carbocycles. The Morgan fingerprint density at radius 2 is 1.65 bits per heavy atom. The molecule has 2 rings (SSSR count). The monoisotopic (exact) mass is 284 g/mol. The fourth-order valence-corrected chi connectivity index (χ4v) is 2.30. The van der Waals surface area contributed by atoms with Crippen molar-refractivity contribution in [1.82, 2.24) is 4.90 Å². The molecule has 1 amide bonds. The molecule has 108 valence electrons. The molecular weight excluding hydrogens is 270 g/mol. The molecule has 0 N–H and O–H groups in total. The van der Waals surface area contributed by atoms with Crippen molar-refractivity contribution in [2.75, 3.05) is 13.1 Å². The van der Waals surface area contributed by atoms with Crippen LogP contribution in [-0.4, -0.2) is 28.8 Å². The first-order valence-electron chi connectivity index (χ1n) is 6.43. The third kappa shape index (κ3) is 2.92. The molecule has 0 atom stereocenters. The minimum absolute atomic E-state index is 0.393. The molecule has 0 spiro atoms. The molecule has 1 aromatic rings. The molecule has 0 bridgehead atoms. The van der Waals surface area contributed by atoms with Gasteiger partial charge in [0.25, 0.3) is 11.6 Å². The van der Waals surface area contributed by atoms with Crippen molar-refractivity contribution in [3.05, 3.63) is 39.4 Å². The van der Waals surface area contributed by atoms with E-state index < -0.39 is 33.7 Å². The largest absolute Gasteiger partial charge is 0.338 e. The van der Waals surface area contributed by atoms with Gasteiger partial charge in [-0.15, -0.1) is 0 Å². The Hall–Kier alpha value is -2.05. The third-order valence-electron chi connectivity index (χ3n) is 3.36. The number of hydrogen-bond donors (Lipinski definition) is 0. The van der Waals surface area contributed by atoms with Crippen molar-refractivity contribution in [2.24, 2.45) is 0 Å². The fourth-order valence-electron chi connectivity index (χ4n) is 2.30. The first-order valence-corrected chi connectivity index (χ1v) is 6.43. The summed E-state index contributed by atoms with van der Waals surface area (Å²) in [6.07, 6.45) is 3.60. The molecule has 1 aliphatic rings. The normalized spacial score (nSPS) is 15.8. The molecule has 7 heteroatoms. The highest BCUT2D eigenvalue weighted by atomic mass is 19.2. The third-order valence-corrected chi connectivity index (χ3v) is 3.36. The van der Waals surface area contributed by atoms with Crippen LogP contribution in [0.1, 0.15) is 36.0 Å². The zero-order chi connectivity index (χ0) is 14.7. The van der Waals surface area contributed by atoms with E-state index in [2.05, 4.69) is 0 Å². The average molecular weight is 284 g/mol. The number of benzene rings is 1. The summed E-state index contributed by atoms with van der Waals surface area (Å²) in [7, 11) is 0. The standard InChI is InChI=1S/C13H14F2N2O3/c14-10-7-9(12(17(19)20)8-11(10)15)13(18)16-5-3-1-2-4-6-16/h7-8H,1-6H2. The van der Waals surface area contributed by atoms with Crippen LogP contribution in [0.4, 0.5) is 14.5 Å². The van der Waals surface area contributed by atoms with E-state index in [-0.39, 0.29) is 0 Å². The second kappa shape index (κ2) is 5.94. The number of amides is 1. The van der Waals surface area contributed by atoms with Gasteiger partial charge in [0, 0.05) is 13.1 Å². The van der Waals surface area contributed by atoms with E-state index in [0.29, 0.717) is 25.2 Å². The zero-order valence-electron chi connectivity index (χ0n) is 10.8. The lowest BCUT2D eigenvalue weighted by molar-refractivity contribution is -0.385. The van der Waals surface area contributed by atoms with Gasteiger partial charge in [-0.1, -0.05) is 12.8 Å². The molecule has 0 aromatic heterocycles. The molecule has 0 saturated carbocycles. The van der Waals surface area contributed by atoms with Gasteiger partial charge in [-0.25, -0.2) is 8.78 Å². The summed E-state index contributed by atoms with van der Waals surface area (Å²) in [5.74, 6) is -3.20. The fraction of sp³-hybridized carbons (Fsp3) is 0.462. The number of nitro groups is 1. The number of carbonyl (C=O) groups is 1. The number of hydrogen-bond acceptors (Lipinski definition) is 3. The van der Waals surface area contributed by atoms with Gasteiger partial charge in [-0.05, 0) is 18.9 Å². The molecule has 1 fully saturated rings. The summed E-state index contributed by atoms with van der Waals surface area (Å²) in [6, 6.07) is 1.07. The summed E-state index contributed by atoms with van der Waals surface area (Å²) in [5, 5.41) is 10.9. The second-order valence-electron chi connectivity index (χ2n) is 4.75. The number of carbonyl (C=O) groups excluding carboxylic acids is 1. The Morgan fingerprint density at radius 3 is 2.20 bits per heavy atom. The van der Waals surface area contributed by atoms with E-state index in [9.17, 15) is 23.7 Å². The smallest absolute Gasteiger partial charge is 0.285 e. The summed E-state index contributed by atoms with van der Waals surface area (Å²) >= 11 is 0. The van der Waals surface area contributed by atoms with Gasteiger partial charge in [-0.2, -0.15) is 0 Å². The summed E-state index contributed by atoms with van der Waals surface area (Å²) < 4.78 is 26.3. The van der Waals surface area contributed by atoms with Gasteiger partial charge in [-0.3, -0.25) is 14.9 Å². The molecule has 20 heavy (non-hydrogen) atoms. The van der Waals surface area contributed by atoms with E-state index in [4.69, 9.17) is 0 Å². The van der Waals surface area contributed by atoms with Crippen molar-refractivity contribution in [3.63, 3.8) is 0 Å². The number of rotatable bonds is 2. The number of nitrogens with zero attached hydrogens (tertiary/aromatic N) is 2. The van der Waals surface area contributed by atoms with Crippen LogP contribution in [-0.2, 0) is 0 Å². The van der Waals surface area contributed by atoms with Gasteiger partial charge < -0.3 is 4.90 Å². The predicted octanol–water partition coefficient (Wildman–Crippen LogP) is 2.89. The van der Waals surface area contributed by atoms with Crippen LogP contribution < -0.4 is 0 Å². The number of nitro benzene ring substituents is 1. The molecule has 1 heterocycles. The molecule has 5 nitrogen and oxygen atoms in total. The van der Waals surface area contributed by atoms with Gasteiger partial charge in [0.1, 0.15) is 5.56 Å². The maximum absolute atomic E-state index is 13.3. The molecule has 1 aliphatic heterocycles. The second-order valence-corrected chi connectivity index (χ2v) is 4.75. The minimum atomic E-state index is -1.33. The predicted molar refractivity (Wildman–Crippen MR) is 67.4 cm³/mol. The van der Waals surface area contributed by atoms with Crippen molar-refractivity contribution in [3.8, 4) is 0 Å². The molecule has 0 radical (unpaired) electrons. The van der Waals surface area contributed by atoms with Crippen molar-refractivity contribution in [1.29, 1.82) is 0 Å². The van der Waals surface area contributed by atoms with Crippen LogP contribution in [0, 0.1) is 21.7 Å². The Labute approximate surface area is 114 Å². The van der Waals surface area contributed by atoms with Gasteiger partial charge in [0.05, 0.1) is 11.0 Å². The number of likely N-dealkylation sites (tertiary alicyclic amines) is 1. The Bertz CT molecular complexity index is 541. The van der Waals surface area contributed by atoms with Crippen LogP contribution >= 0.6 is 0 Å². The Balaban J connectivity index is 2.37. The van der Waals surface area contributed by atoms with E-state index in [1.54, 1.807) is 0 Å². The number of halogens is 2. The van der Waals surface area contributed by atoms with Crippen LogP contribution in [0.2, 0.25) is 0 Å². The molecule has 1 aromatic carbocycles. The lowest BCUT2D eigenvalue weighted by Crippen LogP contribution is -2.32. The van der Waals surface area contributed by atoms with Crippen LogP contribution in [0.15, 0.2) is 12.1 Å². The quantitative estimate of drug-likeness (QED) is 0.619. The van der Waals surface area contributed by atoms with E-state index in [0.717, 1.165) is 25.7 Å². The average Bonchev–Trinajstić information content (AvgIpc) is 2.69. The lowest BCUT2D eigenvalue weighted by Gasteiger charge is -2.20. The van der Waals surface area contributed by atoms with Gasteiger partial charge >= 0.3 is 0 Å². The van der Waals surface area contributed by atoms with Crippen molar-refractivity contribution in [2.45, 2.75) is 25.7 Å². The van der Waals surface area contributed by atoms with Crippen LogP contribution in [0.25, 0.3) is 0 Å². The van der Waals surface area contributed by atoms with E-state index in [1.165, 1.54) is 4.90 Å². The highest BCUT2D eigenvalue weighted by Crippen LogP contribution is 2.24. The Morgan fingerprint density at radius 1 is 1.10 bits per heavy atom. The highest BCUT2D eigenvalue weighted by molar-refractivity contribution is 5.98. The Kier molecular flexibility index (Phi) is 4.26. The maximum atomic E-state index is 13.3. The van der Waals surface area contributed by atoms with Crippen LogP contribution in [0.5, 0.6) is 0 Å². The van der Waals surface area contributed by atoms with E-state index >= 15 is 0 Å². The lowest BCUT2D eigenvalue weighted by atomic mass is 10.1. The maximum Gasteiger partial charge on any atom is 0.285 e. The zero-order valence-corrected chi connectivity index (χ0v) is 10.8. The topological polar surface area (TPSA) is 63.4 Å². The molecular formula is C13H14F2N2O3. The SMILES string of the molecule is O=C(c1cc(F)c(F)cc1[N+](=O)[O-])N1CCCCCC1. The van der Waals surface area contributed by atoms with Crippen LogP contribution in [0.3, 0.4) is 0 Å². The van der Waals surface area contributed by atoms with Gasteiger partial charge in [0.15, 0.2) is 11.6 Å². The highest BCUT2D eigenvalue weighted by Gasteiger charge is 2.27. The summed E-state index contributed by atoms with van der Waals surface area (Å²) in [4.78, 5) is 23.8. The first kappa shape index (κ1) is 14.4. The van der Waals surface area contributed by atoms with Crippen molar-refractivity contribution >= 4 is 11.6 Å². The summed E-state index contributed by atoms with van der Waals surface area (Å²) in [6.45, 7) is 0.962. The van der Waals surface area contributed by atoms with Gasteiger partial charge in [0.2, 0.25) is 0 Å². The minimum Gasteiger partial charge on any atom is -0.338 e.